The zero-order valence-corrected chi connectivity index (χ0v) is 8.06. The highest BCUT2D eigenvalue weighted by Gasteiger charge is 2.15. The summed E-state index contributed by atoms with van der Waals surface area (Å²) in [4.78, 5) is 16.5. The number of pyridine rings is 1. The molecule has 2 heterocycles. The van der Waals surface area contributed by atoms with Crippen molar-refractivity contribution in [1.82, 2.24) is 4.98 Å². The van der Waals surface area contributed by atoms with Gasteiger partial charge in [0.2, 0.25) is 0 Å². The van der Waals surface area contributed by atoms with Gasteiger partial charge in [-0.15, -0.1) is 11.8 Å². The molecule has 0 bridgehead atoms. The number of thioether (sulfide) groups is 1. The van der Waals surface area contributed by atoms with Gasteiger partial charge in [-0.1, -0.05) is 0 Å². The molecule has 0 atom stereocenters. The van der Waals surface area contributed by atoms with E-state index in [1.54, 1.807) is 18.0 Å². The topological polar surface area (TPSA) is 39.2 Å². The number of carbonyl (C=O) groups excluding carboxylic acids is 1. The molecule has 0 saturated carbocycles. The van der Waals surface area contributed by atoms with Crippen molar-refractivity contribution in [3.63, 3.8) is 0 Å². The van der Waals surface area contributed by atoms with E-state index in [2.05, 4.69) is 9.72 Å². The highest BCUT2D eigenvalue weighted by Crippen LogP contribution is 2.30. The minimum absolute atomic E-state index is 0.317. The average molecular weight is 195 g/mol. The van der Waals surface area contributed by atoms with Crippen LogP contribution in [-0.4, -0.2) is 23.8 Å². The number of fused-ring (bicyclic) bond motifs is 1. The molecule has 0 radical (unpaired) electrons. The summed E-state index contributed by atoms with van der Waals surface area (Å²) in [5, 5.41) is 0. The third-order valence-corrected chi connectivity index (χ3v) is 3.02. The van der Waals surface area contributed by atoms with E-state index in [1.807, 2.05) is 6.07 Å². The van der Waals surface area contributed by atoms with Gasteiger partial charge in [0.15, 0.2) is 0 Å². The SMILES string of the molecule is COC(=O)c1cnc2c(c1)SCC2. The molecular formula is C9H9NO2S. The molecule has 0 aromatic carbocycles. The van der Waals surface area contributed by atoms with E-state index in [9.17, 15) is 4.79 Å². The highest BCUT2D eigenvalue weighted by atomic mass is 32.2. The maximum absolute atomic E-state index is 11.1. The summed E-state index contributed by atoms with van der Waals surface area (Å²) >= 11 is 1.74. The van der Waals surface area contributed by atoms with Gasteiger partial charge in [-0.3, -0.25) is 4.98 Å². The van der Waals surface area contributed by atoms with Crippen LogP contribution in [0.1, 0.15) is 16.1 Å². The van der Waals surface area contributed by atoms with Gasteiger partial charge in [0.25, 0.3) is 0 Å². The number of carbonyl (C=O) groups is 1. The van der Waals surface area contributed by atoms with Gasteiger partial charge in [-0.05, 0) is 6.07 Å². The summed E-state index contributed by atoms with van der Waals surface area (Å²) in [5.41, 5.74) is 1.63. The molecule has 0 unspecified atom stereocenters. The number of hydrogen-bond donors (Lipinski definition) is 0. The van der Waals surface area contributed by atoms with Crippen molar-refractivity contribution in [2.45, 2.75) is 11.3 Å². The van der Waals surface area contributed by atoms with Gasteiger partial charge >= 0.3 is 5.97 Å². The van der Waals surface area contributed by atoms with Crippen LogP contribution >= 0.6 is 11.8 Å². The number of aromatic nitrogens is 1. The number of ether oxygens (including phenoxy) is 1. The van der Waals surface area contributed by atoms with Crippen molar-refractivity contribution < 1.29 is 9.53 Å². The van der Waals surface area contributed by atoms with Crippen LogP contribution in [0.5, 0.6) is 0 Å². The predicted octanol–water partition coefficient (Wildman–Crippen LogP) is 1.52. The standard InChI is InChI=1S/C9H9NO2S/c1-12-9(11)6-4-8-7(10-5-6)2-3-13-8/h4-5H,2-3H2,1H3. The van der Waals surface area contributed by atoms with Gasteiger partial charge in [-0.25, -0.2) is 4.79 Å². The van der Waals surface area contributed by atoms with Crippen LogP contribution in [-0.2, 0) is 11.2 Å². The lowest BCUT2D eigenvalue weighted by molar-refractivity contribution is 0.0600. The number of hydrogen-bond acceptors (Lipinski definition) is 4. The minimum Gasteiger partial charge on any atom is -0.465 e. The number of rotatable bonds is 1. The summed E-state index contributed by atoms with van der Waals surface area (Å²) < 4.78 is 4.61. The first-order valence-corrected chi connectivity index (χ1v) is 5.00. The Morgan fingerprint density at radius 1 is 1.69 bits per heavy atom. The van der Waals surface area contributed by atoms with E-state index >= 15 is 0 Å². The first-order valence-electron chi connectivity index (χ1n) is 4.01. The molecule has 2 rings (SSSR count). The van der Waals surface area contributed by atoms with Gasteiger partial charge in [0.1, 0.15) is 0 Å². The molecule has 3 nitrogen and oxygen atoms in total. The summed E-state index contributed by atoms with van der Waals surface area (Å²) in [7, 11) is 1.38. The van der Waals surface area contributed by atoms with Gasteiger partial charge < -0.3 is 4.74 Å². The fraction of sp³-hybridized carbons (Fsp3) is 0.333. The van der Waals surface area contributed by atoms with Crippen molar-refractivity contribution >= 4 is 17.7 Å². The van der Waals surface area contributed by atoms with E-state index in [0.717, 1.165) is 22.8 Å². The zero-order chi connectivity index (χ0) is 9.26. The molecule has 1 aliphatic heterocycles. The largest absolute Gasteiger partial charge is 0.465 e. The third-order valence-electron chi connectivity index (χ3n) is 1.95. The van der Waals surface area contributed by atoms with E-state index in [1.165, 1.54) is 7.11 Å². The van der Waals surface area contributed by atoms with Crippen LogP contribution < -0.4 is 0 Å². The van der Waals surface area contributed by atoms with Crippen LogP contribution in [0.4, 0.5) is 0 Å². The van der Waals surface area contributed by atoms with Crippen LogP contribution in [0.2, 0.25) is 0 Å². The number of methoxy groups -OCH3 is 1. The van der Waals surface area contributed by atoms with E-state index in [4.69, 9.17) is 0 Å². The van der Waals surface area contributed by atoms with E-state index in [0.29, 0.717) is 5.56 Å². The zero-order valence-electron chi connectivity index (χ0n) is 7.24. The first kappa shape index (κ1) is 8.56. The Labute approximate surface area is 80.5 Å². The van der Waals surface area contributed by atoms with Crippen LogP contribution in [0.25, 0.3) is 0 Å². The fourth-order valence-electron chi connectivity index (χ4n) is 1.27. The second kappa shape index (κ2) is 3.38. The van der Waals surface area contributed by atoms with E-state index < -0.39 is 0 Å². The van der Waals surface area contributed by atoms with Crippen molar-refractivity contribution in [2.75, 3.05) is 12.9 Å². The fourth-order valence-corrected chi connectivity index (χ4v) is 2.32. The molecule has 0 amide bonds. The van der Waals surface area contributed by atoms with Crippen LogP contribution in [0, 0.1) is 0 Å². The predicted molar refractivity (Wildman–Crippen MR) is 50.0 cm³/mol. The molecule has 0 fully saturated rings. The molecule has 1 aliphatic rings. The second-order valence-corrected chi connectivity index (χ2v) is 3.90. The van der Waals surface area contributed by atoms with Crippen molar-refractivity contribution in [3.05, 3.63) is 23.5 Å². The van der Waals surface area contributed by atoms with Gasteiger partial charge in [-0.2, -0.15) is 0 Å². The van der Waals surface area contributed by atoms with Crippen molar-refractivity contribution in [1.29, 1.82) is 0 Å². The minimum atomic E-state index is -0.317. The van der Waals surface area contributed by atoms with E-state index in [-0.39, 0.29) is 5.97 Å². The van der Waals surface area contributed by atoms with Crippen molar-refractivity contribution in [2.24, 2.45) is 0 Å². The summed E-state index contributed by atoms with van der Waals surface area (Å²) in [6.45, 7) is 0. The van der Waals surface area contributed by atoms with Gasteiger partial charge in [0.05, 0.1) is 18.4 Å². The molecule has 4 heteroatoms. The number of aryl methyl sites for hydroxylation is 1. The summed E-state index contributed by atoms with van der Waals surface area (Å²) in [6, 6.07) is 1.85. The molecule has 1 aromatic heterocycles. The Bertz CT molecular complexity index is 351. The van der Waals surface area contributed by atoms with Gasteiger partial charge in [0, 0.05) is 23.3 Å². The van der Waals surface area contributed by atoms with Crippen LogP contribution in [0.3, 0.4) is 0 Å². The average Bonchev–Trinajstić information content (AvgIpc) is 2.63. The Hall–Kier alpha value is -1.03. The molecule has 68 valence electrons. The quantitative estimate of drug-likeness (QED) is 0.637. The highest BCUT2D eigenvalue weighted by molar-refractivity contribution is 7.99. The Balaban J connectivity index is 2.36. The molecular weight excluding hydrogens is 186 g/mol. The summed E-state index contributed by atoms with van der Waals surface area (Å²) in [5.74, 6) is 0.746. The monoisotopic (exact) mass is 195 g/mol. The Morgan fingerprint density at radius 2 is 2.54 bits per heavy atom. The molecule has 13 heavy (non-hydrogen) atoms. The number of esters is 1. The normalized spacial score (nSPS) is 13.9. The molecule has 0 spiro atoms. The number of nitrogens with zero attached hydrogens (tertiary/aromatic N) is 1. The Morgan fingerprint density at radius 3 is 3.31 bits per heavy atom. The maximum atomic E-state index is 11.1. The second-order valence-electron chi connectivity index (χ2n) is 2.76. The molecule has 0 aliphatic carbocycles. The lowest BCUT2D eigenvalue weighted by atomic mass is 10.2. The van der Waals surface area contributed by atoms with Crippen molar-refractivity contribution in [3.8, 4) is 0 Å². The smallest absolute Gasteiger partial charge is 0.339 e. The molecule has 1 aromatic rings. The maximum Gasteiger partial charge on any atom is 0.339 e. The first-order chi connectivity index (χ1) is 6.31. The Kier molecular flexibility index (Phi) is 2.22. The van der Waals surface area contributed by atoms with Crippen LogP contribution in [0.15, 0.2) is 17.2 Å². The lowest BCUT2D eigenvalue weighted by Crippen LogP contribution is -2.02. The molecule has 0 saturated heterocycles. The summed E-state index contributed by atoms with van der Waals surface area (Å²) in [6.07, 6.45) is 2.58. The molecule has 0 N–H and O–H groups in total. The third kappa shape index (κ3) is 1.54. The lowest BCUT2D eigenvalue weighted by Gasteiger charge is -2.00.